The summed E-state index contributed by atoms with van der Waals surface area (Å²) in [6.07, 6.45) is 3.31. The van der Waals surface area contributed by atoms with E-state index >= 15 is 0 Å². The molecule has 0 aliphatic rings. The molecule has 16 heavy (non-hydrogen) atoms. The van der Waals surface area contributed by atoms with Crippen molar-refractivity contribution in [2.24, 2.45) is 0 Å². The van der Waals surface area contributed by atoms with Crippen LogP contribution in [-0.2, 0) is 6.54 Å². The highest BCUT2D eigenvalue weighted by atomic mass is 19.1. The Balaban J connectivity index is 2.05. The fraction of sp³-hybridized carbons (Fsp3) is 0.0833. The van der Waals surface area contributed by atoms with Gasteiger partial charge in [0.15, 0.2) is 0 Å². The van der Waals surface area contributed by atoms with Crippen LogP contribution in [0.25, 0.3) is 0 Å². The summed E-state index contributed by atoms with van der Waals surface area (Å²) >= 11 is 0. The number of pyridine rings is 1. The SMILES string of the molecule is Fc1cc(F)cc(CNc2cccnc2)c1. The van der Waals surface area contributed by atoms with Crippen molar-refractivity contribution >= 4 is 5.69 Å². The van der Waals surface area contributed by atoms with Crippen molar-refractivity contribution in [2.45, 2.75) is 6.54 Å². The highest BCUT2D eigenvalue weighted by molar-refractivity contribution is 5.40. The number of benzene rings is 1. The lowest BCUT2D eigenvalue weighted by molar-refractivity contribution is 0.580. The van der Waals surface area contributed by atoms with E-state index < -0.39 is 11.6 Å². The molecule has 1 N–H and O–H groups in total. The maximum Gasteiger partial charge on any atom is 0.126 e. The van der Waals surface area contributed by atoms with Crippen LogP contribution in [0.1, 0.15) is 5.56 Å². The topological polar surface area (TPSA) is 24.9 Å². The molecular weight excluding hydrogens is 210 g/mol. The van der Waals surface area contributed by atoms with Crippen molar-refractivity contribution in [2.75, 3.05) is 5.32 Å². The second kappa shape index (κ2) is 4.70. The lowest BCUT2D eigenvalue weighted by Crippen LogP contribution is -2.00. The number of hydrogen-bond acceptors (Lipinski definition) is 2. The van der Waals surface area contributed by atoms with Crippen molar-refractivity contribution in [3.63, 3.8) is 0 Å². The van der Waals surface area contributed by atoms with E-state index in [1.54, 1.807) is 18.5 Å². The molecule has 82 valence electrons. The number of hydrogen-bond donors (Lipinski definition) is 1. The van der Waals surface area contributed by atoms with Gasteiger partial charge in [-0.2, -0.15) is 0 Å². The molecule has 2 aromatic rings. The summed E-state index contributed by atoms with van der Waals surface area (Å²) in [6.45, 7) is 0.361. The second-order valence-corrected chi connectivity index (χ2v) is 3.37. The third-order valence-corrected chi connectivity index (χ3v) is 2.08. The van der Waals surface area contributed by atoms with Crippen LogP contribution >= 0.6 is 0 Å². The molecule has 0 bridgehead atoms. The normalized spacial score (nSPS) is 10.1. The maximum atomic E-state index is 12.9. The number of nitrogens with one attached hydrogen (secondary N) is 1. The van der Waals surface area contributed by atoms with Gasteiger partial charge in [-0.3, -0.25) is 4.98 Å². The molecule has 0 saturated carbocycles. The van der Waals surface area contributed by atoms with Gasteiger partial charge in [0.05, 0.1) is 5.69 Å². The maximum absolute atomic E-state index is 12.9. The standard InChI is InChI=1S/C12H10F2N2/c13-10-4-9(5-11(14)6-10)7-16-12-2-1-3-15-8-12/h1-6,8,16H,7H2. The summed E-state index contributed by atoms with van der Waals surface area (Å²) in [6, 6.07) is 7.07. The molecule has 2 rings (SSSR count). The molecule has 0 atom stereocenters. The zero-order valence-electron chi connectivity index (χ0n) is 8.45. The van der Waals surface area contributed by atoms with E-state index in [-0.39, 0.29) is 0 Å². The number of rotatable bonds is 3. The molecule has 4 heteroatoms. The Morgan fingerprint density at radius 1 is 1.12 bits per heavy atom. The van der Waals surface area contributed by atoms with Crippen molar-refractivity contribution in [3.05, 3.63) is 59.9 Å². The van der Waals surface area contributed by atoms with Crippen LogP contribution in [0.15, 0.2) is 42.7 Å². The Kier molecular flexibility index (Phi) is 3.10. The molecule has 0 aliphatic heterocycles. The van der Waals surface area contributed by atoms with Gasteiger partial charge in [-0.15, -0.1) is 0 Å². The number of halogens is 2. The van der Waals surface area contributed by atoms with E-state index in [0.29, 0.717) is 12.1 Å². The Hall–Kier alpha value is -1.97. The average molecular weight is 220 g/mol. The van der Waals surface area contributed by atoms with E-state index in [2.05, 4.69) is 10.3 Å². The van der Waals surface area contributed by atoms with Gasteiger partial charge in [0.1, 0.15) is 11.6 Å². The van der Waals surface area contributed by atoms with Crippen LogP contribution in [0.2, 0.25) is 0 Å². The fourth-order valence-electron chi connectivity index (χ4n) is 1.38. The first kappa shape index (κ1) is 10.5. The minimum absolute atomic E-state index is 0.361. The molecule has 1 heterocycles. The number of nitrogens with zero attached hydrogens (tertiary/aromatic N) is 1. The van der Waals surface area contributed by atoms with E-state index in [0.717, 1.165) is 11.8 Å². The molecule has 0 saturated heterocycles. The molecule has 2 nitrogen and oxygen atoms in total. The lowest BCUT2D eigenvalue weighted by atomic mass is 10.2. The van der Waals surface area contributed by atoms with E-state index in [9.17, 15) is 8.78 Å². The van der Waals surface area contributed by atoms with Crippen molar-refractivity contribution in [1.82, 2.24) is 4.98 Å². The molecule has 0 spiro atoms. The Bertz CT molecular complexity index is 451. The molecule has 1 aromatic carbocycles. The van der Waals surface area contributed by atoms with Gasteiger partial charge in [0.25, 0.3) is 0 Å². The third kappa shape index (κ3) is 2.76. The minimum Gasteiger partial charge on any atom is -0.380 e. The van der Waals surface area contributed by atoms with Gasteiger partial charge in [-0.25, -0.2) is 8.78 Å². The fourth-order valence-corrected chi connectivity index (χ4v) is 1.38. The van der Waals surface area contributed by atoms with Crippen LogP contribution in [0.5, 0.6) is 0 Å². The first-order chi connectivity index (χ1) is 7.74. The van der Waals surface area contributed by atoms with Crippen LogP contribution in [0, 0.1) is 11.6 Å². The minimum atomic E-state index is -0.567. The predicted molar refractivity (Wildman–Crippen MR) is 57.9 cm³/mol. The zero-order valence-corrected chi connectivity index (χ0v) is 8.45. The van der Waals surface area contributed by atoms with E-state index in [4.69, 9.17) is 0 Å². The summed E-state index contributed by atoms with van der Waals surface area (Å²) in [4.78, 5) is 3.92. The Morgan fingerprint density at radius 3 is 2.50 bits per heavy atom. The highest BCUT2D eigenvalue weighted by Crippen LogP contribution is 2.10. The molecule has 1 aromatic heterocycles. The first-order valence-corrected chi connectivity index (χ1v) is 4.83. The second-order valence-electron chi connectivity index (χ2n) is 3.37. The monoisotopic (exact) mass is 220 g/mol. The van der Waals surface area contributed by atoms with Gasteiger partial charge in [0.2, 0.25) is 0 Å². The number of aromatic nitrogens is 1. The molecule has 0 aliphatic carbocycles. The molecule has 0 amide bonds. The predicted octanol–water partition coefficient (Wildman–Crippen LogP) is 2.97. The van der Waals surface area contributed by atoms with Crippen LogP contribution in [-0.4, -0.2) is 4.98 Å². The number of anilines is 1. The highest BCUT2D eigenvalue weighted by Gasteiger charge is 2.00. The Morgan fingerprint density at radius 2 is 1.88 bits per heavy atom. The Labute approximate surface area is 92.0 Å². The van der Waals surface area contributed by atoms with Crippen molar-refractivity contribution in [3.8, 4) is 0 Å². The molecule has 0 radical (unpaired) electrons. The summed E-state index contributed by atoms with van der Waals surface area (Å²) < 4.78 is 25.7. The van der Waals surface area contributed by atoms with Crippen molar-refractivity contribution in [1.29, 1.82) is 0 Å². The first-order valence-electron chi connectivity index (χ1n) is 4.83. The van der Waals surface area contributed by atoms with Gasteiger partial charge in [0, 0.05) is 25.0 Å². The zero-order chi connectivity index (χ0) is 11.4. The summed E-state index contributed by atoms with van der Waals surface area (Å²) in [5.74, 6) is -1.13. The van der Waals surface area contributed by atoms with Gasteiger partial charge >= 0.3 is 0 Å². The van der Waals surface area contributed by atoms with Crippen molar-refractivity contribution < 1.29 is 8.78 Å². The van der Waals surface area contributed by atoms with Crippen LogP contribution < -0.4 is 5.32 Å². The van der Waals surface area contributed by atoms with Gasteiger partial charge < -0.3 is 5.32 Å². The quantitative estimate of drug-likeness (QED) is 0.860. The molecular formula is C12H10F2N2. The van der Waals surface area contributed by atoms with Gasteiger partial charge in [-0.1, -0.05) is 0 Å². The van der Waals surface area contributed by atoms with Crippen LogP contribution in [0.4, 0.5) is 14.5 Å². The third-order valence-electron chi connectivity index (χ3n) is 2.08. The molecule has 0 fully saturated rings. The average Bonchev–Trinajstić information content (AvgIpc) is 2.27. The van der Waals surface area contributed by atoms with E-state index in [1.807, 2.05) is 6.07 Å². The van der Waals surface area contributed by atoms with Gasteiger partial charge in [-0.05, 0) is 29.8 Å². The smallest absolute Gasteiger partial charge is 0.126 e. The summed E-state index contributed by atoms with van der Waals surface area (Å²) in [5, 5.41) is 3.02. The molecule has 0 unspecified atom stereocenters. The largest absolute Gasteiger partial charge is 0.380 e. The van der Waals surface area contributed by atoms with Crippen LogP contribution in [0.3, 0.4) is 0 Å². The summed E-state index contributed by atoms with van der Waals surface area (Å²) in [7, 11) is 0. The summed E-state index contributed by atoms with van der Waals surface area (Å²) in [5.41, 5.74) is 1.37. The lowest BCUT2D eigenvalue weighted by Gasteiger charge is -2.05. The van der Waals surface area contributed by atoms with E-state index in [1.165, 1.54) is 12.1 Å².